The van der Waals surface area contributed by atoms with Crippen LogP contribution in [0.3, 0.4) is 0 Å². The Labute approximate surface area is 209 Å². The van der Waals surface area contributed by atoms with E-state index in [9.17, 15) is 0 Å². The molecule has 0 saturated carbocycles. The molecule has 0 unspecified atom stereocenters. The summed E-state index contributed by atoms with van der Waals surface area (Å²) in [6.07, 6.45) is 8.57. The second-order valence-electron chi connectivity index (χ2n) is 10.1. The van der Waals surface area contributed by atoms with Gasteiger partial charge in [0, 0.05) is 55.4 Å². The molecule has 2 aromatic heterocycles. The van der Waals surface area contributed by atoms with Gasteiger partial charge in [-0.15, -0.1) is 5.10 Å². The lowest BCUT2D eigenvalue weighted by Crippen LogP contribution is -2.46. The molecule has 2 aliphatic rings. The highest BCUT2D eigenvalue weighted by Gasteiger charge is 2.29. The molecular formula is C28H39N7. The Morgan fingerprint density at radius 3 is 2.34 bits per heavy atom. The van der Waals surface area contributed by atoms with E-state index in [0.29, 0.717) is 5.92 Å². The number of fused-ring (bicyclic) bond motifs is 1. The summed E-state index contributed by atoms with van der Waals surface area (Å²) in [6.45, 7) is 17.7. The van der Waals surface area contributed by atoms with Crippen LogP contribution in [0.15, 0.2) is 48.9 Å². The van der Waals surface area contributed by atoms with Crippen molar-refractivity contribution >= 4 is 16.7 Å². The van der Waals surface area contributed by atoms with E-state index in [4.69, 9.17) is 5.10 Å². The van der Waals surface area contributed by atoms with Gasteiger partial charge in [0.15, 0.2) is 5.82 Å². The molecule has 0 spiro atoms. The van der Waals surface area contributed by atoms with Crippen molar-refractivity contribution in [3.63, 3.8) is 0 Å². The van der Waals surface area contributed by atoms with Crippen molar-refractivity contribution in [2.75, 3.05) is 44.2 Å². The van der Waals surface area contributed by atoms with E-state index in [2.05, 4.69) is 82.7 Å². The molecule has 35 heavy (non-hydrogen) atoms. The predicted octanol–water partition coefficient (Wildman–Crippen LogP) is 4.66. The minimum Gasteiger partial charge on any atom is -0.375 e. The minimum atomic E-state index is 0.550. The normalized spacial score (nSPS) is 18.1. The van der Waals surface area contributed by atoms with Gasteiger partial charge in [0.1, 0.15) is 5.52 Å². The van der Waals surface area contributed by atoms with Gasteiger partial charge in [-0.1, -0.05) is 38.1 Å². The number of nitrogens with zero attached hydrogens (tertiary/aromatic N) is 7. The van der Waals surface area contributed by atoms with E-state index in [1.165, 1.54) is 24.1 Å². The highest BCUT2D eigenvalue weighted by Crippen LogP contribution is 2.32. The average molecular weight is 474 g/mol. The molecule has 186 valence electrons. The van der Waals surface area contributed by atoms with Crippen molar-refractivity contribution in [1.29, 1.82) is 0 Å². The number of aromatic nitrogens is 4. The minimum absolute atomic E-state index is 0.550. The van der Waals surface area contributed by atoms with Crippen molar-refractivity contribution in [2.45, 2.75) is 52.5 Å². The summed E-state index contributed by atoms with van der Waals surface area (Å²) in [6, 6.07) is 9.16. The highest BCUT2D eigenvalue weighted by atomic mass is 15.3. The standard InChI is InChI=1S/C28H39N7/c1-5-32(6-2)25-13-17-33(18-14-25)22(4)23-11-15-34(16-12-23)28-27-24(19-29-30-28)20-35(31-27)26-9-7-21(3)8-10-26/h7-10,19-20,23,25H,4-6,11-18H2,1-3H3. The fourth-order valence-corrected chi connectivity index (χ4v) is 5.83. The Bertz CT molecular complexity index is 1130. The zero-order chi connectivity index (χ0) is 24.4. The van der Waals surface area contributed by atoms with Crippen LogP contribution in [0.5, 0.6) is 0 Å². The van der Waals surface area contributed by atoms with Gasteiger partial charge in [-0.25, -0.2) is 4.68 Å². The number of hydrogen-bond acceptors (Lipinski definition) is 6. The highest BCUT2D eigenvalue weighted by molar-refractivity contribution is 5.87. The van der Waals surface area contributed by atoms with Crippen molar-refractivity contribution in [2.24, 2.45) is 5.92 Å². The van der Waals surface area contributed by atoms with E-state index in [-0.39, 0.29) is 0 Å². The molecule has 3 aromatic rings. The Morgan fingerprint density at radius 2 is 1.69 bits per heavy atom. The molecule has 7 heteroatoms. The van der Waals surface area contributed by atoms with Crippen LogP contribution in [0.4, 0.5) is 5.82 Å². The third kappa shape index (κ3) is 4.92. The lowest BCUT2D eigenvalue weighted by Gasteiger charge is -2.42. The lowest BCUT2D eigenvalue weighted by atomic mass is 9.91. The van der Waals surface area contributed by atoms with Gasteiger partial charge in [-0.3, -0.25) is 0 Å². The molecule has 2 saturated heterocycles. The summed E-state index contributed by atoms with van der Waals surface area (Å²) in [7, 11) is 0. The fraction of sp³-hybridized carbons (Fsp3) is 0.536. The molecule has 1 aromatic carbocycles. The number of piperidine rings is 2. The van der Waals surface area contributed by atoms with E-state index >= 15 is 0 Å². The number of allylic oxidation sites excluding steroid dienone is 1. The van der Waals surface area contributed by atoms with Gasteiger partial charge < -0.3 is 14.7 Å². The van der Waals surface area contributed by atoms with Crippen molar-refractivity contribution in [3.8, 4) is 5.69 Å². The summed E-state index contributed by atoms with van der Waals surface area (Å²) in [5, 5.41) is 14.7. The SMILES string of the molecule is C=C(C1CCN(c2nncc3cn(-c4ccc(C)cc4)nc23)CC1)N1CCC(N(CC)CC)CC1. The smallest absolute Gasteiger partial charge is 0.179 e. The average Bonchev–Trinajstić information content (AvgIpc) is 3.34. The first-order chi connectivity index (χ1) is 17.1. The molecule has 0 bridgehead atoms. The zero-order valence-electron chi connectivity index (χ0n) is 21.5. The number of benzene rings is 1. The number of anilines is 1. The molecular weight excluding hydrogens is 434 g/mol. The number of rotatable bonds is 7. The Kier molecular flexibility index (Phi) is 7.04. The van der Waals surface area contributed by atoms with Crippen LogP contribution >= 0.6 is 0 Å². The molecule has 2 fully saturated rings. The first-order valence-corrected chi connectivity index (χ1v) is 13.3. The number of aryl methyl sites for hydroxylation is 1. The largest absolute Gasteiger partial charge is 0.375 e. The summed E-state index contributed by atoms with van der Waals surface area (Å²) in [5.41, 5.74) is 4.57. The zero-order valence-corrected chi connectivity index (χ0v) is 21.5. The van der Waals surface area contributed by atoms with Crippen LogP contribution in [-0.2, 0) is 0 Å². The molecule has 0 aliphatic carbocycles. The second kappa shape index (κ2) is 10.4. The second-order valence-corrected chi connectivity index (χ2v) is 10.1. The summed E-state index contributed by atoms with van der Waals surface area (Å²) in [4.78, 5) is 7.53. The van der Waals surface area contributed by atoms with E-state index in [1.54, 1.807) is 0 Å². The first kappa shape index (κ1) is 23.8. The number of likely N-dealkylation sites (tertiary alicyclic amines) is 1. The molecule has 0 amide bonds. The van der Waals surface area contributed by atoms with E-state index in [1.807, 2.05) is 10.9 Å². The van der Waals surface area contributed by atoms with Gasteiger partial charge in [-0.2, -0.15) is 10.2 Å². The van der Waals surface area contributed by atoms with Crippen LogP contribution < -0.4 is 4.90 Å². The third-order valence-electron chi connectivity index (χ3n) is 8.07. The predicted molar refractivity (Wildman–Crippen MR) is 143 cm³/mol. The van der Waals surface area contributed by atoms with E-state index in [0.717, 1.165) is 80.6 Å². The first-order valence-electron chi connectivity index (χ1n) is 13.3. The maximum Gasteiger partial charge on any atom is 0.179 e. The van der Waals surface area contributed by atoms with Gasteiger partial charge in [0.05, 0.1) is 11.9 Å². The molecule has 5 rings (SSSR count). The molecule has 2 aliphatic heterocycles. The summed E-state index contributed by atoms with van der Waals surface area (Å²) < 4.78 is 1.94. The van der Waals surface area contributed by atoms with Crippen LogP contribution in [0, 0.1) is 12.8 Å². The monoisotopic (exact) mass is 473 g/mol. The van der Waals surface area contributed by atoms with Crippen molar-refractivity contribution in [1.82, 2.24) is 29.8 Å². The Morgan fingerprint density at radius 1 is 1.00 bits per heavy atom. The maximum absolute atomic E-state index is 4.89. The van der Waals surface area contributed by atoms with Crippen molar-refractivity contribution in [3.05, 3.63) is 54.5 Å². The molecule has 0 N–H and O–H groups in total. The van der Waals surface area contributed by atoms with Crippen LogP contribution in [0.25, 0.3) is 16.6 Å². The van der Waals surface area contributed by atoms with E-state index < -0.39 is 0 Å². The van der Waals surface area contributed by atoms with Gasteiger partial charge >= 0.3 is 0 Å². The Balaban J connectivity index is 1.22. The number of hydrogen-bond donors (Lipinski definition) is 0. The van der Waals surface area contributed by atoms with Crippen LogP contribution in [0.2, 0.25) is 0 Å². The van der Waals surface area contributed by atoms with Crippen molar-refractivity contribution < 1.29 is 0 Å². The van der Waals surface area contributed by atoms with Gasteiger partial charge in [-0.05, 0) is 57.8 Å². The molecule has 7 nitrogen and oxygen atoms in total. The third-order valence-corrected chi connectivity index (χ3v) is 8.07. The van der Waals surface area contributed by atoms with Gasteiger partial charge in [0.2, 0.25) is 0 Å². The maximum atomic E-state index is 4.89. The lowest BCUT2D eigenvalue weighted by molar-refractivity contribution is 0.126. The molecule has 4 heterocycles. The quantitative estimate of drug-likeness (QED) is 0.497. The Hall–Kier alpha value is -2.93. The topological polar surface area (TPSA) is 53.3 Å². The molecule has 0 atom stereocenters. The van der Waals surface area contributed by atoms with Crippen LogP contribution in [-0.4, -0.2) is 75.1 Å². The summed E-state index contributed by atoms with van der Waals surface area (Å²) in [5.74, 6) is 1.45. The molecule has 0 radical (unpaired) electrons. The summed E-state index contributed by atoms with van der Waals surface area (Å²) >= 11 is 0. The van der Waals surface area contributed by atoms with Crippen LogP contribution in [0.1, 0.15) is 45.1 Å². The van der Waals surface area contributed by atoms with Gasteiger partial charge in [0.25, 0.3) is 0 Å². The fourth-order valence-electron chi connectivity index (χ4n) is 5.83.